The second kappa shape index (κ2) is 6.66. The Balaban J connectivity index is 1.90. The minimum absolute atomic E-state index is 0.0954. The van der Waals surface area contributed by atoms with Gasteiger partial charge in [0.05, 0.1) is 10.6 Å². The molecule has 0 atom stereocenters. The summed E-state index contributed by atoms with van der Waals surface area (Å²) in [6.07, 6.45) is 4.04. The average molecular weight is 317 g/mol. The number of amides is 1. The predicted octanol–water partition coefficient (Wildman–Crippen LogP) is 2.76. The van der Waals surface area contributed by atoms with Gasteiger partial charge in [-0.2, -0.15) is 0 Å². The fourth-order valence-corrected chi connectivity index (χ4v) is 2.83. The molecule has 1 aliphatic carbocycles. The van der Waals surface area contributed by atoms with E-state index in [2.05, 4.69) is 5.32 Å². The molecule has 0 bridgehead atoms. The van der Waals surface area contributed by atoms with E-state index in [1.165, 1.54) is 0 Å². The summed E-state index contributed by atoms with van der Waals surface area (Å²) in [6.45, 7) is 0.360. The van der Waals surface area contributed by atoms with Crippen molar-refractivity contribution in [3.63, 3.8) is 0 Å². The fourth-order valence-electron chi connectivity index (χ4n) is 2.49. The molecule has 1 fully saturated rings. The van der Waals surface area contributed by atoms with Gasteiger partial charge in [0, 0.05) is 17.6 Å². The summed E-state index contributed by atoms with van der Waals surface area (Å²) in [5.74, 6) is 0.218. The van der Waals surface area contributed by atoms with Crippen molar-refractivity contribution in [1.29, 1.82) is 0 Å². The largest absolute Gasteiger partial charge is 0.482 e. The summed E-state index contributed by atoms with van der Waals surface area (Å²) < 4.78 is 5.41. The summed E-state index contributed by atoms with van der Waals surface area (Å²) in [4.78, 5) is 12.0. The summed E-state index contributed by atoms with van der Waals surface area (Å²) in [5.41, 5.74) is 5.51. The smallest absolute Gasteiger partial charge is 0.258 e. The van der Waals surface area contributed by atoms with E-state index in [-0.39, 0.29) is 18.1 Å². The van der Waals surface area contributed by atoms with Gasteiger partial charge in [0.15, 0.2) is 6.61 Å². The molecular weight excluding hydrogens is 299 g/mol. The topological polar surface area (TPSA) is 64.3 Å². The van der Waals surface area contributed by atoms with E-state index in [0.717, 1.165) is 25.7 Å². The van der Waals surface area contributed by atoms with Crippen LogP contribution in [-0.2, 0) is 4.79 Å². The fraction of sp³-hybridized carbons (Fsp3) is 0.500. The zero-order valence-corrected chi connectivity index (χ0v) is 12.6. The number of halogens is 2. The van der Waals surface area contributed by atoms with Crippen LogP contribution >= 0.6 is 23.2 Å². The van der Waals surface area contributed by atoms with Crippen molar-refractivity contribution in [2.45, 2.75) is 31.2 Å². The summed E-state index contributed by atoms with van der Waals surface area (Å²) in [7, 11) is 0. The van der Waals surface area contributed by atoms with Gasteiger partial charge in [-0.1, -0.05) is 36.0 Å². The molecule has 0 aromatic heterocycles. The van der Waals surface area contributed by atoms with E-state index < -0.39 is 0 Å². The van der Waals surface area contributed by atoms with Gasteiger partial charge in [0.25, 0.3) is 5.91 Å². The molecule has 0 spiro atoms. The summed E-state index contributed by atoms with van der Waals surface area (Å²) in [6, 6.07) is 4.89. The summed E-state index contributed by atoms with van der Waals surface area (Å²) in [5, 5.41) is 3.92. The van der Waals surface area contributed by atoms with Crippen molar-refractivity contribution in [2.75, 3.05) is 13.2 Å². The van der Waals surface area contributed by atoms with Crippen molar-refractivity contribution in [3.8, 4) is 5.75 Å². The van der Waals surface area contributed by atoms with Crippen LogP contribution in [0.25, 0.3) is 0 Å². The minimum Gasteiger partial charge on any atom is -0.482 e. The third-order valence-electron chi connectivity index (χ3n) is 3.61. The zero-order valence-electron chi connectivity index (χ0n) is 11.1. The first-order chi connectivity index (χ1) is 9.54. The maximum atomic E-state index is 12.0. The van der Waals surface area contributed by atoms with E-state index in [1.54, 1.807) is 18.2 Å². The van der Waals surface area contributed by atoms with E-state index in [9.17, 15) is 4.79 Å². The lowest BCUT2D eigenvalue weighted by atomic mass is 9.98. The van der Waals surface area contributed by atoms with E-state index >= 15 is 0 Å². The second-order valence-corrected chi connectivity index (χ2v) is 5.95. The first-order valence-corrected chi connectivity index (χ1v) is 7.39. The molecule has 20 heavy (non-hydrogen) atoms. The lowest BCUT2D eigenvalue weighted by Crippen LogP contribution is -2.52. The Morgan fingerprint density at radius 2 is 2.05 bits per heavy atom. The van der Waals surface area contributed by atoms with Crippen molar-refractivity contribution in [3.05, 3.63) is 28.2 Å². The number of hydrogen-bond acceptors (Lipinski definition) is 3. The highest BCUT2D eigenvalue weighted by molar-refractivity contribution is 6.34. The molecule has 1 aromatic carbocycles. The molecule has 2 rings (SSSR count). The van der Waals surface area contributed by atoms with E-state index in [1.807, 2.05) is 0 Å². The molecule has 1 amide bonds. The Morgan fingerprint density at radius 3 is 2.70 bits per heavy atom. The molecule has 1 saturated carbocycles. The van der Waals surface area contributed by atoms with Crippen molar-refractivity contribution in [2.24, 2.45) is 5.73 Å². The molecule has 0 radical (unpaired) electrons. The van der Waals surface area contributed by atoms with Gasteiger partial charge in [-0.3, -0.25) is 4.79 Å². The Labute approximate surface area is 128 Å². The van der Waals surface area contributed by atoms with Gasteiger partial charge in [-0.25, -0.2) is 0 Å². The van der Waals surface area contributed by atoms with Crippen molar-refractivity contribution >= 4 is 29.1 Å². The molecule has 1 aromatic rings. The third-order valence-corrected chi connectivity index (χ3v) is 4.16. The lowest BCUT2D eigenvalue weighted by molar-refractivity contribution is -0.124. The van der Waals surface area contributed by atoms with Crippen LogP contribution in [0.15, 0.2) is 18.2 Å². The Bertz CT molecular complexity index is 488. The van der Waals surface area contributed by atoms with Gasteiger partial charge >= 0.3 is 0 Å². The van der Waals surface area contributed by atoms with E-state index in [4.69, 9.17) is 33.7 Å². The normalized spacial score (nSPS) is 16.9. The number of ether oxygens (including phenoxy) is 1. The van der Waals surface area contributed by atoms with Gasteiger partial charge in [0.1, 0.15) is 5.75 Å². The maximum absolute atomic E-state index is 12.0. The first kappa shape index (κ1) is 15.4. The van der Waals surface area contributed by atoms with Crippen LogP contribution in [0.4, 0.5) is 0 Å². The highest BCUT2D eigenvalue weighted by Crippen LogP contribution is 2.29. The van der Waals surface area contributed by atoms with Gasteiger partial charge in [0.2, 0.25) is 0 Å². The van der Waals surface area contributed by atoms with Crippen LogP contribution in [-0.4, -0.2) is 24.6 Å². The van der Waals surface area contributed by atoms with Crippen LogP contribution in [0, 0.1) is 0 Å². The number of benzene rings is 1. The number of rotatable bonds is 5. The predicted molar refractivity (Wildman–Crippen MR) is 80.4 cm³/mol. The van der Waals surface area contributed by atoms with Crippen molar-refractivity contribution < 1.29 is 9.53 Å². The SMILES string of the molecule is NCC1(NC(=O)COc2cc(Cl)ccc2Cl)CCCC1. The minimum atomic E-state index is -0.265. The molecule has 1 aliphatic rings. The van der Waals surface area contributed by atoms with Crippen LogP contribution in [0.5, 0.6) is 5.75 Å². The molecule has 0 saturated heterocycles. The molecular formula is C14H18Cl2N2O2. The molecule has 3 N–H and O–H groups in total. The van der Waals surface area contributed by atoms with Crippen LogP contribution in [0.1, 0.15) is 25.7 Å². The Kier molecular flexibility index (Phi) is 5.13. The summed E-state index contributed by atoms with van der Waals surface area (Å²) >= 11 is 11.8. The quantitative estimate of drug-likeness (QED) is 0.878. The molecule has 0 aliphatic heterocycles. The third kappa shape index (κ3) is 3.78. The molecule has 0 unspecified atom stereocenters. The van der Waals surface area contributed by atoms with Gasteiger partial charge in [-0.05, 0) is 25.0 Å². The highest BCUT2D eigenvalue weighted by atomic mass is 35.5. The maximum Gasteiger partial charge on any atom is 0.258 e. The van der Waals surface area contributed by atoms with Crippen LogP contribution in [0.2, 0.25) is 10.0 Å². The highest BCUT2D eigenvalue weighted by Gasteiger charge is 2.33. The Morgan fingerprint density at radius 1 is 1.35 bits per heavy atom. The number of carbonyl (C=O) groups excluding carboxylic acids is 1. The molecule has 0 heterocycles. The number of nitrogens with two attached hydrogens (primary N) is 1. The molecule has 4 nitrogen and oxygen atoms in total. The van der Waals surface area contributed by atoms with Crippen LogP contribution in [0.3, 0.4) is 0 Å². The molecule has 6 heteroatoms. The first-order valence-electron chi connectivity index (χ1n) is 6.64. The number of carbonyl (C=O) groups is 1. The Hall–Kier alpha value is -0.970. The van der Waals surface area contributed by atoms with Crippen LogP contribution < -0.4 is 15.8 Å². The standard InChI is InChI=1S/C14H18Cl2N2O2/c15-10-3-4-11(16)12(7-10)20-8-13(19)18-14(9-17)5-1-2-6-14/h3-4,7H,1-2,5-6,8-9,17H2,(H,18,19). The van der Waals surface area contributed by atoms with E-state index in [0.29, 0.717) is 22.3 Å². The van der Waals surface area contributed by atoms with Gasteiger partial charge < -0.3 is 15.8 Å². The van der Waals surface area contributed by atoms with Gasteiger partial charge in [-0.15, -0.1) is 0 Å². The molecule has 110 valence electrons. The lowest BCUT2D eigenvalue weighted by Gasteiger charge is -2.28. The van der Waals surface area contributed by atoms with Crippen molar-refractivity contribution in [1.82, 2.24) is 5.32 Å². The monoisotopic (exact) mass is 316 g/mol. The number of nitrogens with one attached hydrogen (secondary N) is 1. The second-order valence-electron chi connectivity index (χ2n) is 5.10. The zero-order chi connectivity index (χ0) is 14.6. The number of hydrogen-bond donors (Lipinski definition) is 2. The average Bonchev–Trinajstić information content (AvgIpc) is 2.89.